The van der Waals surface area contributed by atoms with Crippen molar-refractivity contribution in [2.45, 2.75) is 20.3 Å². The minimum atomic E-state index is -0.165. The average molecular weight is 434 g/mol. The molecule has 0 aliphatic heterocycles. The number of ether oxygens (including phenoxy) is 2. The number of benzene rings is 2. The zero-order valence-electron chi connectivity index (χ0n) is 16.3. The van der Waals surface area contributed by atoms with Crippen LogP contribution in [0.4, 0.5) is 0 Å². The third-order valence-corrected chi connectivity index (χ3v) is 5.24. The van der Waals surface area contributed by atoms with E-state index in [4.69, 9.17) is 9.47 Å². The van der Waals surface area contributed by atoms with Gasteiger partial charge in [0.15, 0.2) is 6.29 Å². The molecular weight excluding hydrogens is 410 g/mol. The van der Waals surface area contributed by atoms with Gasteiger partial charge in [-0.15, -0.1) is 0 Å². The zero-order valence-corrected chi connectivity index (χ0v) is 17.8. The topological polar surface area (TPSA) is 55.8 Å². The summed E-state index contributed by atoms with van der Waals surface area (Å²) in [6.45, 7) is 4.15. The number of likely N-dealkylation sites (N-methyl/N-ethyl adjacent to an activating group) is 1. The molecule has 0 aliphatic carbocycles. The predicted molar refractivity (Wildman–Crippen MR) is 109 cm³/mol. The lowest BCUT2D eigenvalue weighted by Crippen LogP contribution is -2.30. The van der Waals surface area contributed by atoms with E-state index < -0.39 is 0 Å². The summed E-state index contributed by atoms with van der Waals surface area (Å²) in [6, 6.07) is 7.47. The number of carbonyl (C=O) groups excluding carboxylic acids is 2. The number of amides is 1. The fourth-order valence-corrected chi connectivity index (χ4v) is 3.45. The van der Waals surface area contributed by atoms with E-state index in [0.717, 1.165) is 33.2 Å². The minimum absolute atomic E-state index is 0.165. The summed E-state index contributed by atoms with van der Waals surface area (Å²) >= 11 is 3.44. The number of hydrogen-bond donors (Lipinski definition) is 0. The maximum Gasteiger partial charge on any atom is 0.254 e. The molecule has 0 spiro atoms. The summed E-state index contributed by atoms with van der Waals surface area (Å²) in [6.07, 6.45) is 1.35. The Labute approximate surface area is 168 Å². The van der Waals surface area contributed by atoms with Crippen LogP contribution in [0.1, 0.15) is 37.4 Å². The molecular formula is C21H24BrNO4. The first-order valence-corrected chi connectivity index (χ1v) is 9.34. The number of nitrogens with zero attached hydrogens (tertiary/aromatic N) is 1. The Bertz CT molecular complexity index is 864. The quantitative estimate of drug-likeness (QED) is 0.613. The molecule has 0 radical (unpaired) electrons. The molecule has 5 nitrogen and oxygen atoms in total. The summed E-state index contributed by atoms with van der Waals surface area (Å²) in [5.41, 5.74) is 3.45. The Morgan fingerprint density at radius 2 is 1.74 bits per heavy atom. The van der Waals surface area contributed by atoms with Crippen LogP contribution in [0.15, 0.2) is 28.7 Å². The summed E-state index contributed by atoms with van der Waals surface area (Å²) in [7, 11) is 4.95. The largest absolute Gasteiger partial charge is 0.496 e. The van der Waals surface area contributed by atoms with E-state index >= 15 is 0 Å². The Morgan fingerprint density at radius 3 is 2.33 bits per heavy atom. The lowest BCUT2D eigenvalue weighted by Gasteiger charge is -2.21. The molecule has 2 aromatic rings. The highest BCUT2D eigenvalue weighted by atomic mass is 79.9. The molecule has 0 saturated carbocycles. The fraction of sp³-hybridized carbons (Fsp3) is 0.333. The molecule has 6 heteroatoms. The molecule has 2 aromatic carbocycles. The van der Waals surface area contributed by atoms with Crippen LogP contribution in [0, 0.1) is 13.8 Å². The standard InChI is InChI=1S/C21H24BrNO4/c1-13-6-7-14(2)20(16(13)12-24)21(25)23(3)9-8-15-10-19(27-5)17(22)11-18(15)26-4/h6-7,10-12H,8-9H2,1-5H3. The molecule has 0 aliphatic rings. The molecule has 2 rings (SSSR count). The van der Waals surface area contributed by atoms with Gasteiger partial charge in [0, 0.05) is 19.2 Å². The Balaban J connectivity index is 2.24. The van der Waals surface area contributed by atoms with Gasteiger partial charge in [-0.3, -0.25) is 9.59 Å². The van der Waals surface area contributed by atoms with Gasteiger partial charge in [-0.05, 0) is 65.0 Å². The van der Waals surface area contributed by atoms with Crippen molar-refractivity contribution in [3.63, 3.8) is 0 Å². The highest BCUT2D eigenvalue weighted by Crippen LogP contribution is 2.33. The molecule has 0 unspecified atom stereocenters. The fourth-order valence-electron chi connectivity index (χ4n) is 2.97. The lowest BCUT2D eigenvalue weighted by atomic mass is 9.97. The van der Waals surface area contributed by atoms with E-state index in [2.05, 4.69) is 15.9 Å². The van der Waals surface area contributed by atoms with Gasteiger partial charge in [0.1, 0.15) is 11.5 Å². The van der Waals surface area contributed by atoms with Crippen LogP contribution in [-0.2, 0) is 6.42 Å². The number of aldehydes is 1. The van der Waals surface area contributed by atoms with Crippen LogP contribution in [0.25, 0.3) is 0 Å². The smallest absolute Gasteiger partial charge is 0.254 e. The molecule has 0 bridgehead atoms. The molecule has 0 heterocycles. The second-order valence-corrected chi connectivity index (χ2v) is 7.24. The lowest BCUT2D eigenvalue weighted by molar-refractivity contribution is 0.0792. The Morgan fingerprint density at radius 1 is 1.11 bits per heavy atom. The van der Waals surface area contributed by atoms with Gasteiger partial charge in [-0.25, -0.2) is 0 Å². The average Bonchev–Trinajstić information content (AvgIpc) is 2.67. The Hall–Kier alpha value is -2.34. The highest BCUT2D eigenvalue weighted by molar-refractivity contribution is 9.10. The molecule has 1 amide bonds. The molecule has 0 aromatic heterocycles. The number of halogens is 1. The second kappa shape index (κ2) is 9.04. The van der Waals surface area contributed by atoms with Gasteiger partial charge in [0.2, 0.25) is 0 Å². The van der Waals surface area contributed by atoms with E-state index in [1.807, 2.05) is 38.1 Å². The van der Waals surface area contributed by atoms with E-state index in [-0.39, 0.29) is 5.91 Å². The molecule has 27 heavy (non-hydrogen) atoms. The van der Waals surface area contributed by atoms with Crippen molar-refractivity contribution in [1.29, 1.82) is 0 Å². The van der Waals surface area contributed by atoms with Crippen LogP contribution < -0.4 is 9.47 Å². The number of aryl methyl sites for hydroxylation is 2. The van der Waals surface area contributed by atoms with Crippen molar-refractivity contribution in [3.8, 4) is 11.5 Å². The maximum atomic E-state index is 13.0. The van der Waals surface area contributed by atoms with Gasteiger partial charge in [-0.1, -0.05) is 12.1 Å². The summed E-state index contributed by atoms with van der Waals surface area (Å²) in [5.74, 6) is 1.27. The summed E-state index contributed by atoms with van der Waals surface area (Å²) in [4.78, 5) is 26.1. The number of rotatable bonds is 7. The maximum absolute atomic E-state index is 13.0. The SMILES string of the molecule is COc1cc(CCN(C)C(=O)c2c(C)ccc(C)c2C=O)c(OC)cc1Br. The normalized spacial score (nSPS) is 10.4. The van der Waals surface area contributed by atoms with E-state index in [1.54, 1.807) is 26.2 Å². The first kappa shape index (κ1) is 21.0. The van der Waals surface area contributed by atoms with Crippen LogP contribution in [0.2, 0.25) is 0 Å². The van der Waals surface area contributed by atoms with Gasteiger partial charge in [0.05, 0.1) is 24.3 Å². The van der Waals surface area contributed by atoms with E-state index in [0.29, 0.717) is 29.8 Å². The number of hydrogen-bond acceptors (Lipinski definition) is 4. The second-order valence-electron chi connectivity index (χ2n) is 6.38. The third kappa shape index (κ3) is 4.50. The Kier molecular flexibility index (Phi) is 7.02. The van der Waals surface area contributed by atoms with Crippen LogP contribution >= 0.6 is 15.9 Å². The molecule has 144 valence electrons. The summed E-state index contributed by atoms with van der Waals surface area (Å²) in [5, 5.41) is 0. The van der Waals surface area contributed by atoms with Crippen molar-refractivity contribution >= 4 is 28.1 Å². The van der Waals surface area contributed by atoms with Gasteiger partial charge >= 0.3 is 0 Å². The van der Waals surface area contributed by atoms with Crippen LogP contribution in [-0.4, -0.2) is 44.9 Å². The van der Waals surface area contributed by atoms with Gasteiger partial charge in [0.25, 0.3) is 5.91 Å². The summed E-state index contributed by atoms with van der Waals surface area (Å²) < 4.78 is 11.6. The zero-order chi connectivity index (χ0) is 20.1. The van der Waals surface area contributed by atoms with Crippen LogP contribution in [0.3, 0.4) is 0 Å². The van der Waals surface area contributed by atoms with Gasteiger partial charge in [-0.2, -0.15) is 0 Å². The van der Waals surface area contributed by atoms with Crippen LogP contribution in [0.5, 0.6) is 11.5 Å². The van der Waals surface area contributed by atoms with Gasteiger partial charge < -0.3 is 14.4 Å². The molecule has 0 saturated heterocycles. The number of methoxy groups -OCH3 is 2. The highest BCUT2D eigenvalue weighted by Gasteiger charge is 2.20. The van der Waals surface area contributed by atoms with Crippen molar-refractivity contribution in [3.05, 3.63) is 56.6 Å². The predicted octanol–water partition coefficient (Wildman–Crippen LogP) is 4.21. The van der Waals surface area contributed by atoms with Crippen molar-refractivity contribution < 1.29 is 19.1 Å². The first-order chi connectivity index (χ1) is 12.8. The molecule has 0 atom stereocenters. The minimum Gasteiger partial charge on any atom is -0.496 e. The first-order valence-electron chi connectivity index (χ1n) is 8.55. The van der Waals surface area contributed by atoms with Crippen molar-refractivity contribution in [2.24, 2.45) is 0 Å². The van der Waals surface area contributed by atoms with Crippen molar-refractivity contribution in [2.75, 3.05) is 27.8 Å². The molecule has 0 fully saturated rings. The monoisotopic (exact) mass is 433 g/mol. The molecule has 0 N–H and O–H groups in total. The van der Waals surface area contributed by atoms with E-state index in [1.165, 1.54) is 0 Å². The third-order valence-electron chi connectivity index (χ3n) is 4.62. The van der Waals surface area contributed by atoms with E-state index in [9.17, 15) is 9.59 Å². The number of carbonyl (C=O) groups is 2. The van der Waals surface area contributed by atoms with Crippen molar-refractivity contribution in [1.82, 2.24) is 4.90 Å².